The van der Waals surface area contributed by atoms with Gasteiger partial charge < -0.3 is 19.5 Å². The largest absolute Gasteiger partial charge is 0.510 e. The van der Waals surface area contributed by atoms with Gasteiger partial charge >= 0.3 is 0 Å². The van der Waals surface area contributed by atoms with E-state index in [4.69, 9.17) is 9.84 Å². The smallest absolute Gasteiger partial charge is 0.125 e. The molecule has 0 aliphatic heterocycles. The summed E-state index contributed by atoms with van der Waals surface area (Å²) in [5.41, 5.74) is 0. The van der Waals surface area contributed by atoms with Gasteiger partial charge in [-0.05, 0) is 6.92 Å². The van der Waals surface area contributed by atoms with E-state index in [1.54, 1.807) is 11.5 Å². The molecule has 5 heteroatoms. The molecule has 0 aliphatic carbocycles. The van der Waals surface area contributed by atoms with Crippen LogP contribution in [0.1, 0.15) is 6.92 Å². The molecule has 14 heavy (non-hydrogen) atoms. The zero-order valence-electron chi connectivity index (χ0n) is 8.10. The Hall–Kier alpha value is -1.33. The summed E-state index contributed by atoms with van der Waals surface area (Å²) in [4.78, 5) is 3.96. The van der Waals surface area contributed by atoms with E-state index in [0.29, 0.717) is 10.7 Å². The lowest BCUT2D eigenvalue weighted by Gasteiger charge is -2.02. The van der Waals surface area contributed by atoms with Crippen LogP contribution in [-0.4, -0.2) is 33.0 Å². The Balaban J connectivity index is 2.82. The molecule has 0 bridgehead atoms. The highest BCUT2D eigenvalue weighted by Crippen LogP contribution is 1.81. The first-order valence-electron chi connectivity index (χ1n) is 4.25. The van der Waals surface area contributed by atoms with Crippen LogP contribution in [0.25, 0.3) is 12.3 Å². The Morgan fingerprint density at radius 1 is 1.71 bits per heavy atom. The predicted molar refractivity (Wildman–Crippen MR) is 51.7 cm³/mol. The molecule has 0 atom stereocenters. The average molecular weight is 198 g/mol. The van der Waals surface area contributed by atoms with E-state index in [9.17, 15) is 5.11 Å². The van der Waals surface area contributed by atoms with E-state index < -0.39 is 0 Å². The van der Waals surface area contributed by atoms with Crippen LogP contribution in [0.5, 0.6) is 0 Å². The van der Waals surface area contributed by atoms with Gasteiger partial charge in [0.05, 0.1) is 24.9 Å². The molecule has 0 radical (unpaired) electrons. The summed E-state index contributed by atoms with van der Waals surface area (Å²) in [5.74, 6) is 0.135. The normalized spacial score (nSPS) is 13.0. The number of aromatic nitrogens is 2. The number of aliphatic hydroxyl groups excluding tert-OH is 2. The van der Waals surface area contributed by atoms with Crippen molar-refractivity contribution in [1.29, 1.82) is 0 Å². The molecule has 1 heterocycles. The van der Waals surface area contributed by atoms with Gasteiger partial charge in [0.1, 0.15) is 17.8 Å². The maximum atomic E-state index is 9.21. The lowest BCUT2D eigenvalue weighted by molar-refractivity contribution is 0.0469. The first-order valence-corrected chi connectivity index (χ1v) is 4.25. The number of imidazole rings is 1. The number of ether oxygens (including phenoxy) is 1. The topological polar surface area (TPSA) is 67.5 Å². The van der Waals surface area contributed by atoms with Gasteiger partial charge in [0.15, 0.2) is 0 Å². The number of hydrogen-bond donors (Lipinski definition) is 2. The molecular formula is C9H14N2O3. The fourth-order valence-electron chi connectivity index (χ4n) is 1.05. The molecule has 0 unspecified atom stereocenters. The van der Waals surface area contributed by atoms with Gasteiger partial charge in [-0.15, -0.1) is 0 Å². The summed E-state index contributed by atoms with van der Waals surface area (Å²) in [7, 11) is 0. The third kappa shape index (κ3) is 2.34. The van der Waals surface area contributed by atoms with E-state index >= 15 is 0 Å². The van der Waals surface area contributed by atoms with Crippen LogP contribution >= 0.6 is 0 Å². The Kier molecular flexibility index (Phi) is 3.67. The minimum atomic E-state index is -0.0147. The van der Waals surface area contributed by atoms with Crippen molar-refractivity contribution in [3.05, 3.63) is 17.0 Å². The maximum absolute atomic E-state index is 9.21. The van der Waals surface area contributed by atoms with Crippen LogP contribution in [-0.2, 0) is 11.5 Å². The van der Waals surface area contributed by atoms with E-state index in [1.165, 1.54) is 6.33 Å². The molecule has 0 saturated heterocycles. The van der Waals surface area contributed by atoms with Crippen molar-refractivity contribution in [1.82, 2.24) is 9.55 Å². The van der Waals surface area contributed by atoms with Crippen LogP contribution in [0.3, 0.4) is 0 Å². The summed E-state index contributed by atoms with van der Waals surface area (Å²) < 4.78 is 6.74. The van der Waals surface area contributed by atoms with Crippen LogP contribution in [0.2, 0.25) is 0 Å². The summed E-state index contributed by atoms with van der Waals surface area (Å²) in [5, 5.41) is 18.8. The van der Waals surface area contributed by atoms with Crippen LogP contribution in [0.4, 0.5) is 0 Å². The van der Waals surface area contributed by atoms with Crippen molar-refractivity contribution < 1.29 is 14.9 Å². The monoisotopic (exact) mass is 198 g/mol. The second-order valence-corrected chi connectivity index (χ2v) is 2.86. The van der Waals surface area contributed by atoms with E-state index in [0.717, 1.165) is 0 Å². The van der Waals surface area contributed by atoms with Gasteiger partial charge in [0, 0.05) is 0 Å². The quantitative estimate of drug-likeness (QED) is 0.605. The molecule has 5 nitrogen and oxygen atoms in total. The van der Waals surface area contributed by atoms with Crippen molar-refractivity contribution >= 4 is 12.3 Å². The molecular weight excluding hydrogens is 184 g/mol. The zero-order chi connectivity index (χ0) is 10.6. The number of nitrogens with zero attached hydrogens (tertiary/aromatic N) is 2. The summed E-state index contributed by atoms with van der Waals surface area (Å²) in [6, 6.07) is 0. The Morgan fingerprint density at radius 2 is 2.43 bits per heavy atom. The third-order valence-corrected chi connectivity index (χ3v) is 1.75. The number of rotatable bonds is 4. The van der Waals surface area contributed by atoms with Gasteiger partial charge in [-0.1, -0.05) is 6.58 Å². The standard InChI is InChI=1S/C9H14N2O3/c1-7-9(8(2)13)10-5-11(7)6-14-4-3-12/h5,12-13H,1,3-4,6H2,2H3/b9-8-. The minimum Gasteiger partial charge on any atom is -0.510 e. The number of aliphatic hydroxyl groups is 2. The second-order valence-electron chi connectivity index (χ2n) is 2.86. The van der Waals surface area contributed by atoms with Crippen molar-refractivity contribution in [2.75, 3.05) is 13.2 Å². The summed E-state index contributed by atoms with van der Waals surface area (Å²) >= 11 is 0. The van der Waals surface area contributed by atoms with E-state index in [2.05, 4.69) is 11.6 Å². The lowest BCUT2D eigenvalue weighted by Crippen LogP contribution is -2.30. The fourth-order valence-corrected chi connectivity index (χ4v) is 1.05. The van der Waals surface area contributed by atoms with Gasteiger partial charge in [0.2, 0.25) is 0 Å². The molecule has 0 amide bonds. The van der Waals surface area contributed by atoms with Crippen molar-refractivity contribution in [3.8, 4) is 0 Å². The molecule has 1 rings (SSSR count). The molecule has 1 aromatic rings. The van der Waals surface area contributed by atoms with Crippen molar-refractivity contribution in [2.45, 2.75) is 13.7 Å². The highest BCUT2D eigenvalue weighted by atomic mass is 16.5. The average Bonchev–Trinajstić information content (AvgIpc) is 2.48. The highest BCUT2D eigenvalue weighted by molar-refractivity contribution is 5.27. The molecule has 0 spiro atoms. The predicted octanol–water partition coefficient (Wildman–Crippen LogP) is -1.05. The van der Waals surface area contributed by atoms with Gasteiger partial charge in [0.25, 0.3) is 0 Å². The molecule has 2 N–H and O–H groups in total. The first kappa shape index (κ1) is 10.7. The molecule has 1 aromatic heterocycles. The van der Waals surface area contributed by atoms with Crippen molar-refractivity contribution in [3.63, 3.8) is 0 Å². The third-order valence-electron chi connectivity index (χ3n) is 1.75. The first-order chi connectivity index (χ1) is 6.66. The van der Waals surface area contributed by atoms with Crippen LogP contribution in [0, 0.1) is 0 Å². The fraction of sp³-hybridized carbons (Fsp3) is 0.444. The van der Waals surface area contributed by atoms with Gasteiger partial charge in [-0.25, -0.2) is 4.98 Å². The van der Waals surface area contributed by atoms with Crippen LogP contribution in [0.15, 0.2) is 6.33 Å². The molecule has 0 aliphatic rings. The molecule has 0 aromatic carbocycles. The lowest BCUT2D eigenvalue weighted by atomic mass is 10.5. The summed E-state index contributed by atoms with van der Waals surface area (Å²) in [6.07, 6.45) is 1.54. The van der Waals surface area contributed by atoms with E-state index in [-0.39, 0.29) is 25.7 Å². The Labute approximate surface area is 81.6 Å². The highest BCUT2D eigenvalue weighted by Gasteiger charge is 1.97. The molecule has 78 valence electrons. The Morgan fingerprint density at radius 3 is 2.93 bits per heavy atom. The molecule has 0 saturated carbocycles. The zero-order valence-corrected chi connectivity index (χ0v) is 8.10. The Bertz CT molecular complexity index is 393. The van der Waals surface area contributed by atoms with Gasteiger partial charge in [-0.2, -0.15) is 0 Å². The second kappa shape index (κ2) is 4.78. The van der Waals surface area contributed by atoms with Crippen molar-refractivity contribution in [2.24, 2.45) is 0 Å². The number of hydrogen-bond acceptors (Lipinski definition) is 4. The SMILES string of the molecule is C=c1/c(=C(\C)O)ncn1COCCO. The summed E-state index contributed by atoms with van der Waals surface area (Å²) in [6.45, 7) is 5.84. The maximum Gasteiger partial charge on any atom is 0.125 e. The van der Waals surface area contributed by atoms with Crippen LogP contribution < -0.4 is 10.7 Å². The van der Waals surface area contributed by atoms with E-state index in [1.807, 2.05) is 0 Å². The minimum absolute atomic E-state index is 0.0147. The molecule has 0 fully saturated rings. The van der Waals surface area contributed by atoms with Gasteiger partial charge in [-0.3, -0.25) is 0 Å².